The first kappa shape index (κ1) is 16.7. The Hall–Kier alpha value is -2.18. The molecule has 24 heavy (non-hydrogen) atoms. The molecule has 1 unspecified atom stereocenters. The fourth-order valence-electron chi connectivity index (χ4n) is 3.12. The molecule has 0 bridgehead atoms. The number of aromatic nitrogens is 2. The molecule has 0 amide bonds. The van der Waals surface area contributed by atoms with Gasteiger partial charge >= 0.3 is 5.97 Å². The molecule has 0 spiro atoms. The summed E-state index contributed by atoms with van der Waals surface area (Å²) in [4.78, 5) is 13.5. The first-order valence-corrected chi connectivity index (χ1v) is 8.19. The molecule has 1 aliphatic rings. The maximum atomic E-state index is 11.3. The fourth-order valence-corrected chi connectivity index (χ4v) is 3.12. The van der Waals surface area contributed by atoms with Crippen LogP contribution in [0.3, 0.4) is 0 Å². The molecule has 1 fully saturated rings. The van der Waals surface area contributed by atoms with Gasteiger partial charge in [0.1, 0.15) is 0 Å². The Morgan fingerprint density at radius 3 is 2.79 bits per heavy atom. The lowest BCUT2D eigenvalue weighted by Crippen LogP contribution is -2.33. The Morgan fingerprint density at radius 1 is 1.33 bits per heavy atom. The van der Waals surface area contributed by atoms with Gasteiger partial charge in [-0.1, -0.05) is 18.2 Å². The smallest absolute Gasteiger partial charge is 0.310 e. The molecule has 1 aliphatic heterocycles. The van der Waals surface area contributed by atoms with E-state index in [0.29, 0.717) is 19.7 Å². The number of aliphatic carboxylic acids is 1. The molecule has 6 nitrogen and oxygen atoms in total. The highest BCUT2D eigenvalue weighted by atomic mass is 16.5. The van der Waals surface area contributed by atoms with Crippen LogP contribution in [0.2, 0.25) is 0 Å². The second-order valence-corrected chi connectivity index (χ2v) is 6.24. The highest BCUT2D eigenvalue weighted by Gasteiger charge is 2.25. The molecule has 1 N–H and O–H groups in total. The van der Waals surface area contributed by atoms with Crippen molar-refractivity contribution in [2.24, 2.45) is 5.92 Å². The molecule has 6 heteroatoms. The monoisotopic (exact) mass is 329 g/mol. The number of benzene rings is 1. The second-order valence-electron chi connectivity index (χ2n) is 6.24. The predicted octanol–water partition coefficient (Wildman–Crippen LogP) is 2.02. The standard InChI is InChI=1S/C18H23N3O3/c1-13-17(11-20-8-9-24-12-15(10-20)18(22)23)14(2)21(19-13)16-6-4-3-5-7-16/h3-7,15H,8-12H2,1-2H3,(H,22,23). The van der Waals surface area contributed by atoms with Crippen molar-refractivity contribution in [2.75, 3.05) is 26.3 Å². The van der Waals surface area contributed by atoms with Gasteiger partial charge in [-0.05, 0) is 26.0 Å². The van der Waals surface area contributed by atoms with Gasteiger partial charge in [-0.25, -0.2) is 4.68 Å². The normalized spacial score (nSPS) is 19.2. The Balaban J connectivity index is 1.82. The quantitative estimate of drug-likeness (QED) is 0.929. The van der Waals surface area contributed by atoms with Crippen molar-refractivity contribution in [3.05, 3.63) is 47.3 Å². The molecule has 128 valence electrons. The lowest BCUT2D eigenvalue weighted by Gasteiger charge is -2.21. The van der Waals surface area contributed by atoms with Crippen LogP contribution >= 0.6 is 0 Å². The summed E-state index contributed by atoms with van der Waals surface area (Å²) in [5, 5.41) is 14.0. The van der Waals surface area contributed by atoms with Gasteiger partial charge < -0.3 is 9.84 Å². The van der Waals surface area contributed by atoms with E-state index in [1.54, 1.807) is 0 Å². The molecular weight excluding hydrogens is 306 g/mol. The average Bonchev–Trinajstić information content (AvgIpc) is 2.76. The van der Waals surface area contributed by atoms with Gasteiger partial charge in [-0.15, -0.1) is 0 Å². The third-order valence-electron chi connectivity index (χ3n) is 4.52. The number of aryl methyl sites for hydroxylation is 1. The number of ether oxygens (including phenoxy) is 1. The topological polar surface area (TPSA) is 67.6 Å². The van der Waals surface area contributed by atoms with Gasteiger partial charge in [0.15, 0.2) is 0 Å². The van der Waals surface area contributed by atoms with E-state index in [-0.39, 0.29) is 6.61 Å². The van der Waals surface area contributed by atoms with Crippen LogP contribution in [0.15, 0.2) is 30.3 Å². The number of carboxylic acids is 1. The molecule has 1 saturated heterocycles. The second kappa shape index (κ2) is 7.15. The van der Waals surface area contributed by atoms with Crippen LogP contribution in [-0.2, 0) is 16.1 Å². The minimum atomic E-state index is -0.796. The van der Waals surface area contributed by atoms with Crippen LogP contribution in [0.5, 0.6) is 0 Å². The zero-order valence-corrected chi connectivity index (χ0v) is 14.1. The van der Waals surface area contributed by atoms with Crippen molar-refractivity contribution in [1.82, 2.24) is 14.7 Å². The summed E-state index contributed by atoms with van der Waals surface area (Å²) >= 11 is 0. The van der Waals surface area contributed by atoms with E-state index >= 15 is 0 Å². The van der Waals surface area contributed by atoms with Crippen molar-refractivity contribution < 1.29 is 14.6 Å². The van der Waals surface area contributed by atoms with Gasteiger partial charge in [0, 0.05) is 30.9 Å². The highest BCUT2D eigenvalue weighted by Crippen LogP contribution is 2.20. The average molecular weight is 329 g/mol. The number of para-hydroxylation sites is 1. The number of nitrogens with zero attached hydrogens (tertiary/aromatic N) is 3. The lowest BCUT2D eigenvalue weighted by atomic mass is 10.1. The number of carboxylic acid groups (broad SMARTS) is 1. The number of carbonyl (C=O) groups is 1. The highest BCUT2D eigenvalue weighted by molar-refractivity contribution is 5.70. The predicted molar refractivity (Wildman–Crippen MR) is 90.3 cm³/mol. The van der Waals surface area contributed by atoms with Crippen LogP contribution in [-0.4, -0.2) is 52.1 Å². The molecule has 1 atom stereocenters. The van der Waals surface area contributed by atoms with Gasteiger partial charge in [0.05, 0.1) is 30.5 Å². The zero-order valence-electron chi connectivity index (χ0n) is 14.1. The van der Waals surface area contributed by atoms with Crippen molar-refractivity contribution in [3.8, 4) is 5.69 Å². The Labute approximate surface area is 141 Å². The molecule has 0 saturated carbocycles. The van der Waals surface area contributed by atoms with Crippen LogP contribution in [0.1, 0.15) is 17.0 Å². The number of hydrogen-bond donors (Lipinski definition) is 1. The van der Waals surface area contributed by atoms with Gasteiger partial charge in [0.2, 0.25) is 0 Å². The Bertz CT molecular complexity index is 712. The number of hydrogen-bond acceptors (Lipinski definition) is 4. The summed E-state index contributed by atoms with van der Waals surface area (Å²) in [6, 6.07) is 10.0. The molecule has 3 rings (SSSR count). The molecule has 2 heterocycles. The Morgan fingerprint density at radius 2 is 2.08 bits per heavy atom. The Kier molecular flexibility index (Phi) is 4.97. The van der Waals surface area contributed by atoms with Crippen LogP contribution in [0.4, 0.5) is 0 Å². The van der Waals surface area contributed by atoms with E-state index in [1.165, 1.54) is 0 Å². The summed E-state index contributed by atoms with van der Waals surface area (Å²) in [7, 11) is 0. The van der Waals surface area contributed by atoms with Crippen molar-refractivity contribution in [1.29, 1.82) is 0 Å². The first-order valence-electron chi connectivity index (χ1n) is 8.19. The minimum absolute atomic E-state index is 0.285. The van der Waals surface area contributed by atoms with Crippen LogP contribution in [0, 0.1) is 19.8 Å². The number of rotatable bonds is 4. The van der Waals surface area contributed by atoms with Crippen molar-refractivity contribution >= 4 is 5.97 Å². The maximum Gasteiger partial charge on any atom is 0.310 e. The summed E-state index contributed by atoms with van der Waals surface area (Å²) in [6.07, 6.45) is 0. The van der Waals surface area contributed by atoms with E-state index in [9.17, 15) is 9.90 Å². The summed E-state index contributed by atoms with van der Waals surface area (Å²) in [6.45, 7) is 6.85. The van der Waals surface area contributed by atoms with E-state index < -0.39 is 11.9 Å². The van der Waals surface area contributed by atoms with E-state index in [4.69, 9.17) is 4.74 Å². The summed E-state index contributed by atoms with van der Waals surface area (Å²) in [5.74, 6) is -1.27. The minimum Gasteiger partial charge on any atom is -0.481 e. The zero-order chi connectivity index (χ0) is 17.1. The van der Waals surface area contributed by atoms with Gasteiger partial charge in [-0.3, -0.25) is 9.69 Å². The SMILES string of the molecule is Cc1nn(-c2ccccc2)c(C)c1CN1CCOCC(C(=O)O)C1. The van der Waals surface area contributed by atoms with E-state index in [1.807, 2.05) is 41.9 Å². The summed E-state index contributed by atoms with van der Waals surface area (Å²) < 4.78 is 7.38. The first-order chi connectivity index (χ1) is 11.6. The molecular formula is C18H23N3O3. The van der Waals surface area contributed by atoms with Gasteiger partial charge in [0.25, 0.3) is 0 Å². The molecule has 0 aliphatic carbocycles. The fraction of sp³-hybridized carbons (Fsp3) is 0.444. The third-order valence-corrected chi connectivity index (χ3v) is 4.52. The van der Waals surface area contributed by atoms with Crippen molar-refractivity contribution in [2.45, 2.75) is 20.4 Å². The maximum absolute atomic E-state index is 11.3. The lowest BCUT2D eigenvalue weighted by molar-refractivity contribution is -0.143. The molecule has 2 aromatic rings. The van der Waals surface area contributed by atoms with Crippen molar-refractivity contribution in [3.63, 3.8) is 0 Å². The van der Waals surface area contributed by atoms with E-state index in [0.717, 1.165) is 29.2 Å². The van der Waals surface area contributed by atoms with Crippen LogP contribution < -0.4 is 0 Å². The van der Waals surface area contributed by atoms with Crippen LogP contribution in [0.25, 0.3) is 5.69 Å². The summed E-state index contributed by atoms with van der Waals surface area (Å²) in [5.41, 5.74) is 4.26. The molecule has 1 aromatic carbocycles. The van der Waals surface area contributed by atoms with Gasteiger partial charge in [-0.2, -0.15) is 5.10 Å². The largest absolute Gasteiger partial charge is 0.481 e. The molecule has 0 radical (unpaired) electrons. The third kappa shape index (κ3) is 3.49. The van der Waals surface area contributed by atoms with E-state index in [2.05, 4.69) is 16.9 Å². The molecule has 1 aromatic heterocycles.